The maximum absolute atomic E-state index is 11.4. The Labute approximate surface area is 105 Å². The monoisotopic (exact) mass is 323 g/mol. The maximum atomic E-state index is 11.4. The van der Waals surface area contributed by atoms with Crippen LogP contribution in [0.25, 0.3) is 11.3 Å². The van der Waals surface area contributed by atoms with Crippen molar-refractivity contribution in [1.82, 2.24) is 9.97 Å². The summed E-state index contributed by atoms with van der Waals surface area (Å²) >= 11 is 2.19. The number of nitriles is 1. The molecule has 4 nitrogen and oxygen atoms in total. The minimum absolute atomic E-state index is 0.0451. The summed E-state index contributed by atoms with van der Waals surface area (Å²) in [4.78, 5) is 17.8. The number of rotatable bonds is 1. The van der Waals surface area contributed by atoms with Crippen LogP contribution < -0.4 is 5.56 Å². The summed E-state index contributed by atoms with van der Waals surface area (Å²) in [6.45, 7) is 0. The van der Waals surface area contributed by atoms with Gasteiger partial charge in [0.15, 0.2) is 0 Å². The fraction of sp³-hybridized carbons (Fsp3) is 0. The van der Waals surface area contributed by atoms with Gasteiger partial charge in [-0.25, -0.2) is 4.98 Å². The zero-order valence-corrected chi connectivity index (χ0v) is 10.2. The molecule has 2 aromatic rings. The molecule has 16 heavy (non-hydrogen) atoms. The third-order valence-corrected chi connectivity index (χ3v) is 2.80. The number of aromatic amines is 1. The second kappa shape index (κ2) is 4.45. The third-order valence-electron chi connectivity index (χ3n) is 2.08. The van der Waals surface area contributed by atoms with Crippen molar-refractivity contribution >= 4 is 22.6 Å². The molecule has 0 spiro atoms. The molecule has 0 unspecified atom stereocenters. The van der Waals surface area contributed by atoms with Crippen molar-refractivity contribution in [3.63, 3.8) is 0 Å². The van der Waals surface area contributed by atoms with E-state index in [1.165, 1.54) is 6.33 Å². The molecule has 0 radical (unpaired) electrons. The topological polar surface area (TPSA) is 69.5 Å². The number of halogens is 1. The normalized spacial score (nSPS) is 9.75. The van der Waals surface area contributed by atoms with E-state index in [1.54, 1.807) is 0 Å². The molecule has 1 aromatic heterocycles. The highest BCUT2D eigenvalue weighted by molar-refractivity contribution is 14.1. The van der Waals surface area contributed by atoms with Crippen LogP contribution in [0.5, 0.6) is 0 Å². The molecule has 78 valence electrons. The number of benzene rings is 1. The van der Waals surface area contributed by atoms with Crippen molar-refractivity contribution in [2.24, 2.45) is 0 Å². The van der Waals surface area contributed by atoms with Crippen molar-refractivity contribution < 1.29 is 0 Å². The largest absolute Gasteiger partial charge is 0.312 e. The highest BCUT2D eigenvalue weighted by atomic mass is 127. The zero-order valence-electron chi connectivity index (χ0n) is 8.07. The van der Waals surface area contributed by atoms with Crippen LogP contribution in [-0.4, -0.2) is 9.97 Å². The van der Waals surface area contributed by atoms with Crippen LogP contribution in [0.3, 0.4) is 0 Å². The molecule has 1 heterocycles. The minimum atomic E-state index is -0.411. The molecule has 0 amide bonds. The van der Waals surface area contributed by atoms with E-state index in [0.29, 0.717) is 5.69 Å². The first-order chi connectivity index (χ1) is 7.72. The summed E-state index contributed by atoms with van der Waals surface area (Å²) in [5.41, 5.74) is 0.820. The molecule has 0 aliphatic rings. The van der Waals surface area contributed by atoms with Crippen LogP contribution in [0.1, 0.15) is 5.56 Å². The van der Waals surface area contributed by atoms with Gasteiger partial charge in [0.25, 0.3) is 5.56 Å². The molecule has 0 atom stereocenters. The molecule has 1 N–H and O–H groups in total. The highest BCUT2D eigenvalue weighted by Crippen LogP contribution is 2.19. The van der Waals surface area contributed by atoms with Crippen molar-refractivity contribution in [3.05, 3.63) is 50.1 Å². The Kier molecular flexibility index (Phi) is 3.01. The first kappa shape index (κ1) is 10.8. The summed E-state index contributed by atoms with van der Waals surface area (Å²) in [7, 11) is 0. The van der Waals surface area contributed by atoms with Gasteiger partial charge in [0.1, 0.15) is 11.6 Å². The standard InChI is InChI=1S/C11H6IN3O/c12-8-3-1-7(2-4-8)10-9(5-13)11(16)15-6-14-10/h1-4,6H,(H,14,15,16). The lowest BCUT2D eigenvalue weighted by atomic mass is 10.1. The van der Waals surface area contributed by atoms with E-state index in [2.05, 4.69) is 32.6 Å². The van der Waals surface area contributed by atoms with Gasteiger partial charge in [0, 0.05) is 9.13 Å². The smallest absolute Gasteiger partial charge is 0.269 e. The molecule has 5 heteroatoms. The minimum Gasteiger partial charge on any atom is -0.312 e. The number of H-pyrrole nitrogens is 1. The van der Waals surface area contributed by atoms with Gasteiger partial charge in [-0.15, -0.1) is 0 Å². The Morgan fingerprint density at radius 2 is 2.00 bits per heavy atom. The van der Waals surface area contributed by atoms with E-state index < -0.39 is 5.56 Å². The lowest BCUT2D eigenvalue weighted by molar-refractivity contribution is 1.11. The van der Waals surface area contributed by atoms with Crippen LogP contribution in [-0.2, 0) is 0 Å². The van der Waals surface area contributed by atoms with Crippen LogP contribution >= 0.6 is 22.6 Å². The Hall–Kier alpha value is -1.68. The number of hydrogen-bond donors (Lipinski definition) is 1. The van der Waals surface area contributed by atoms with Gasteiger partial charge < -0.3 is 4.98 Å². The van der Waals surface area contributed by atoms with E-state index >= 15 is 0 Å². The molecular formula is C11H6IN3O. The molecule has 2 rings (SSSR count). The Morgan fingerprint density at radius 3 is 2.62 bits per heavy atom. The van der Waals surface area contributed by atoms with Gasteiger partial charge in [-0.3, -0.25) is 4.79 Å². The van der Waals surface area contributed by atoms with Crippen LogP contribution in [0.4, 0.5) is 0 Å². The molecule has 1 aromatic carbocycles. The van der Waals surface area contributed by atoms with Crippen LogP contribution in [0, 0.1) is 14.9 Å². The molecule has 0 aliphatic heterocycles. The van der Waals surface area contributed by atoms with Gasteiger partial charge >= 0.3 is 0 Å². The fourth-order valence-electron chi connectivity index (χ4n) is 1.33. The van der Waals surface area contributed by atoms with Crippen LogP contribution in [0.15, 0.2) is 35.4 Å². The van der Waals surface area contributed by atoms with Crippen molar-refractivity contribution in [2.45, 2.75) is 0 Å². The van der Waals surface area contributed by atoms with Crippen molar-refractivity contribution in [3.8, 4) is 17.3 Å². The predicted molar refractivity (Wildman–Crippen MR) is 67.7 cm³/mol. The summed E-state index contributed by atoms with van der Waals surface area (Å²) in [6, 6.07) is 9.35. The molecule has 0 saturated carbocycles. The quantitative estimate of drug-likeness (QED) is 0.815. The molecule has 0 fully saturated rings. The zero-order chi connectivity index (χ0) is 11.5. The number of nitrogens with one attached hydrogen (secondary N) is 1. The number of nitrogens with zero attached hydrogens (tertiary/aromatic N) is 2. The van der Waals surface area contributed by atoms with Gasteiger partial charge in [-0.05, 0) is 34.7 Å². The SMILES string of the molecule is N#Cc1c(-c2ccc(I)cc2)nc[nH]c1=O. The number of aromatic nitrogens is 2. The maximum Gasteiger partial charge on any atom is 0.269 e. The van der Waals surface area contributed by atoms with Gasteiger partial charge in [0.05, 0.1) is 12.0 Å². The van der Waals surface area contributed by atoms with E-state index in [1.807, 2.05) is 30.3 Å². The van der Waals surface area contributed by atoms with E-state index in [-0.39, 0.29) is 5.56 Å². The molecule has 0 aliphatic carbocycles. The van der Waals surface area contributed by atoms with Gasteiger partial charge in [0.2, 0.25) is 0 Å². The lowest BCUT2D eigenvalue weighted by Crippen LogP contribution is -2.12. The van der Waals surface area contributed by atoms with Gasteiger partial charge in [-0.2, -0.15) is 5.26 Å². The lowest BCUT2D eigenvalue weighted by Gasteiger charge is -2.01. The number of hydrogen-bond acceptors (Lipinski definition) is 3. The summed E-state index contributed by atoms with van der Waals surface area (Å²) in [5, 5.41) is 8.90. The first-order valence-corrected chi connectivity index (χ1v) is 5.54. The highest BCUT2D eigenvalue weighted by Gasteiger charge is 2.09. The Bertz CT molecular complexity index is 610. The van der Waals surface area contributed by atoms with Crippen LogP contribution in [0.2, 0.25) is 0 Å². The summed E-state index contributed by atoms with van der Waals surface area (Å²) in [6.07, 6.45) is 1.30. The van der Waals surface area contributed by atoms with E-state index in [4.69, 9.17) is 5.26 Å². The summed E-state index contributed by atoms with van der Waals surface area (Å²) < 4.78 is 1.09. The third kappa shape index (κ3) is 1.97. The average Bonchev–Trinajstić information content (AvgIpc) is 2.30. The van der Waals surface area contributed by atoms with Gasteiger partial charge in [-0.1, -0.05) is 12.1 Å². The predicted octanol–water partition coefficient (Wildman–Crippen LogP) is 1.91. The summed E-state index contributed by atoms with van der Waals surface area (Å²) in [5.74, 6) is 0. The molecular weight excluding hydrogens is 317 g/mol. The second-order valence-corrected chi connectivity index (χ2v) is 4.32. The second-order valence-electron chi connectivity index (χ2n) is 3.07. The molecule has 0 bridgehead atoms. The van der Waals surface area contributed by atoms with Crippen molar-refractivity contribution in [1.29, 1.82) is 5.26 Å². The first-order valence-electron chi connectivity index (χ1n) is 4.46. The van der Waals surface area contributed by atoms with Crippen molar-refractivity contribution in [2.75, 3.05) is 0 Å². The Balaban J connectivity index is 2.66. The fourth-order valence-corrected chi connectivity index (χ4v) is 1.69. The van der Waals surface area contributed by atoms with E-state index in [9.17, 15) is 4.79 Å². The van der Waals surface area contributed by atoms with E-state index in [0.717, 1.165) is 9.13 Å². The molecule has 0 saturated heterocycles. The Morgan fingerprint density at radius 1 is 1.31 bits per heavy atom. The average molecular weight is 323 g/mol.